The highest BCUT2D eigenvalue weighted by Gasteiger charge is 2.27. The average molecular weight is 365 g/mol. The Hall–Kier alpha value is -3.15. The minimum absolute atomic E-state index is 0.592. The van der Waals surface area contributed by atoms with Gasteiger partial charge in [-0.3, -0.25) is 5.10 Å². The van der Waals surface area contributed by atoms with Gasteiger partial charge in [0.05, 0.1) is 26.0 Å². The Kier molecular flexibility index (Phi) is 4.62. The van der Waals surface area contributed by atoms with Gasteiger partial charge in [-0.25, -0.2) is 0 Å². The quantitative estimate of drug-likeness (QED) is 0.504. The van der Waals surface area contributed by atoms with Crippen molar-refractivity contribution < 1.29 is 14.2 Å². The molecule has 1 aliphatic carbocycles. The zero-order valence-electron chi connectivity index (χ0n) is 15.8. The number of anilines is 2. The maximum Gasteiger partial charge on any atom is 0.161 e. The van der Waals surface area contributed by atoms with Crippen LogP contribution in [-0.2, 0) is 6.42 Å². The van der Waals surface area contributed by atoms with Gasteiger partial charge in [0, 0.05) is 29.3 Å². The molecule has 0 fully saturated rings. The van der Waals surface area contributed by atoms with Crippen molar-refractivity contribution in [3.05, 3.63) is 47.5 Å². The lowest BCUT2D eigenvalue weighted by Gasteiger charge is -2.13. The van der Waals surface area contributed by atoms with Gasteiger partial charge in [-0.1, -0.05) is 6.07 Å². The molecule has 27 heavy (non-hydrogen) atoms. The highest BCUT2D eigenvalue weighted by atomic mass is 16.5. The topological polar surface area (TPSA) is 68.4 Å². The number of H-pyrrole nitrogens is 1. The molecule has 3 aromatic rings. The highest BCUT2D eigenvalue weighted by molar-refractivity contribution is 5.81. The Morgan fingerprint density at radius 2 is 1.85 bits per heavy atom. The predicted octanol–water partition coefficient (Wildman–Crippen LogP) is 4.53. The van der Waals surface area contributed by atoms with Gasteiger partial charge >= 0.3 is 0 Å². The summed E-state index contributed by atoms with van der Waals surface area (Å²) in [5.41, 5.74) is 5.33. The Morgan fingerprint density at radius 1 is 1.07 bits per heavy atom. The van der Waals surface area contributed by atoms with Gasteiger partial charge in [0.1, 0.15) is 11.6 Å². The number of nitrogens with zero attached hydrogens (tertiary/aromatic N) is 1. The van der Waals surface area contributed by atoms with Gasteiger partial charge in [-0.2, -0.15) is 5.10 Å². The van der Waals surface area contributed by atoms with E-state index in [9.17, 15) is 0 Å². The first kappa shape index (κ1) is 17.3. The predicted molar refractivity (Wildman–Crippen MR) is 105 cm³/mol. The fourth-order valence-electron chi connectivity index (χ4n) is 3.40. The van der Waals surface area contributed by atoms with Crippen molar-refractivity contribution in [2.75, 3.05) is 25.6 Å². The molecule has 2 N–H and O–H groups in total. The Bertz CT molecular complexity index is 965. The first-order chi connectivity index (χ1) is 13.2. The van der Waals surface area contributed by atoms with Crippen molar-refractivity contribution in [3.63, 3.8) is 0 Å². The molecule has 0 aliphatic heterocycles. The van der Waals surface area contributed by atoms with Crippen molar-refractivity contribution in [1.29, 1.82) is 0 Å². The maximum absolute atomic E-state index is 5.77. The molecule has 0 radical (unpaired) electrons. The van der Waals surface area contributed by atoms with Crippen LogP contribution in [0.1, 0.15) is 25.0 Å². The lowest BCUT2D eigenvalue weighted by atomic mass is 10.1. The second kappa shape index (κ2) is 7.23. The van der Waals surface area contributed by atoms with Gasteiger partial charge in [0.2, 0.25) is 0 Å². The Morgan fingerprint density at radius 3 is 2.59 bits per heavy atom. The summed E-state index contributed by atoms with van der Waals surface area (Å²) in [6.07, 6.45) is 0.792. The van der Waals surface area contributed by atoms with E-state index in [0.29, 0.717) is 13.2 Å². The first-order valence-electron chi connectivity index (χ1n) is 9.14. The summed E-state index contributed by atoms with van der Waals surface area (Å²) in [7, 11) is 1.66. The summed E-state index contributed by atoms with van der Waals surface area (Å²) in [5.74, 6) is 3.25. The molecule has 0 amide bonds. The molecular weight excluding hydrogens is 342 g/mol. The zero-order chi connectivity index (χ0) is 18.8. The molecule has 4 rings (SSSR count). The van der Waals surface area contributed by atoms with Crippen LogP contribution in [0.15, 0.2) is 36.4 Å². The van der Waals surface area contributed by atoms with Crippen molar-refractivity contribution in [1.82, 2.24) is 10.2 Å². The summed E-state index contributed by atoms with van der Waals surface area (Å²) >= 11 is 0. The van der Waals surface area contributed by atoms with Gasteiger partial charge < -0.3 is 19.5 Å². The molecule has 1 aliphatic rings. The standard InChI is InChI=1S/C21H23N3O3/c1-4-26-18-10-13-9-17-20(16(13)12-19(18)27-5-2)23-24-21(17)22-14-7-6-8-15(11-14)25-3/h6-8,10-12H,4-5,9H2,1-3H3,(H2,22,23,24). The second-order valence-electron chi connectivity index (χ2n) is 6.28. The SMILES string of the molecule is CCOc1cc2c(cc1OCC)-c1n[nH]c(Nc3cccc(OC)c3)c1C2. The number of nitrogens with one attached hydrogen (secondary N) is 2. The van der Waals surface area contributed by atoms with E-state index in [1.165, 1.54) is 5.56 Å². The van der Waals surface area contributed by atoms with E-state index < -0.39 is 0 Å². The minimum Gasteiger partial charge on any atom is -0.497 e. The van der Waals surface area contributed by atoms with Crippen LogP contribution in [0.4, 0.5) is 11.5 Å². The molecule has 0 saturated carbocycles. The van der Waals surface area contributed by atoms with E-state index >= 15 is 0 Å². The van der Waals surface area contributed by atoms with Gasteiger partial charge in [0.25, 0.3) is 0 Å². The van der Waals surface area contributed by atoms with E-state index in [2.05, 4.69) is 21.6 Å². The first-order valence-corrected chi connectivity index (χ1v) is 9.14. The monoisotopic (exact) mass is 365 g/mol. The largest absolute Gasteiger partial charge is 0.497 e. The second-order valence-corrected chi connectivity index (χ2v) is 6.28. The molecule has 0 spiro atoms. The molecule has 140 valence electrons. The molecule has 1 aromatic heterocycles. The minimum atomic E-state index is 0.592. The number of ether oxygens (including phenoxy) is 3. The van der Waals surface area contributed by atoms with Crippen molar-refractivity contribution in [2.24, 2.45) is 0 Å². The molecule has 6 nitrogen and oxygen atoms in total. The normalized spacial score (nSPS) is 11.7. The fourth-order valence-corrected chi connectivity index (χ4v) is 3.40. The third-order valence-corrected chi connectivity index (χ3v) is 4.60. The van der Waals surface area contributed by atoms with E-state index in [-0.39, 0.29) is 0 Å². The number of rotatable bonds is 7. The van der Waals surface area contributed by atoms with Crippen LogP contribution in [0, 0.1) is 0 Å². The highest BCUT2D eigenvalue weighted by Crippen LogP contribution is 2.44. The Balaban J connectivity index is 1.66. The number of methoxy groups -OCH3 is 1. The molecule has 0 unspecified atom stereocenters. The van der Waals surface area contributed by atoms with Crippen LogP contribution in [-0.4, -0.2) is 30.5 Å². The number of hydrogen-bond acceptors (Lipinski definition) is 5. The average Bonchev–Trinajstić information content (AvgIpc) is 3.22. The van der Waals surface area contributed by atoms with Crippen molar-refractivity contribution >= 4 is 11.5 Å². The summed E-state index contributed by atoms with van der Waals surface area (Å²) in [6.45, 7) is 5.14. The zero-order valence-corrected chi connectivity index (χ0v) is 15.8. The third-order valence-electron chi connectivity index (χ3n) is 4.60. The number of hydrogen-bond donors (Lipinski definition) is 2. The van der Waals surface area contributed by atoms with Crippen molar-refractivity contribution in [2.45, 2.75) is 20.3 Å². The van der Waals surface area contributed by atoms with E-state index in [1.54, 1.807) is 7.11 Å². The van der Waals surface area contributed by atoms with E-state index in [4.69, 9.17) is 14.2 Å². The molecule has 0 bridgehead atoms. The van der Waals surface area contributed by atoms with Crippen LogP contribution in [0.25, 0.3) is 11.3 Å². The van der Waals surface area contributed by atoms with Gasteiger partial charge in [-0.05, 0) is 43.7 Å². The van der Waals surface area contributed by atoms with Crippen LogP contribution in [0.3, 0.4) is 0 Å². The van der Waals surface area contributed by atoms with E-state index in [0.717, 1.165) is 52.0 Å². The third kappa shape index (κ3) is 3.18. The van der Waals surface area contributed by atoms with Gasteiger partial charge in [-0.15, -0.1) is 0 Å². The summed E-state index contributed by atoms with van der Waals surface area (Å²) in [6, 6.07) is 11.9. The fraction of sp³-hybridized carbons (Fsp3) is 0.286. The van der Waals surface area contributed by atoms with Gasteiger partial charge in [0.15, 0.2) is 11.5 Å². The summed E-state index contributed by atoms with van der Waals surface area (Å²) in [5, 5.41) is 11.1. The number of aromatic amines is 1. The lowest BCUT2D eigenvalue weighted by molar-refractivity contribution is 0.287. The molecular formula is C21H23N3O3. The molecule has 0 saturated heterocycles. The van der Waals surface area contributed by atoms with Crippen LogP contribution < -0.4 is 19.5 Å². The van der Waals surface area contributed by atoms with Crippen LogP contribution in [0.2, 0.25) is 0 Å². The number of benzene rings is 2. The van der Waals surface area contributed by atoms with Crippen LogP contribution in [0.5, 0.6) is 17.2 Å². The number of fused-ring (bicyclic) bond motifs is 3. The molecule has 2 aromatic carbocycles. The summed E-state index contributed by atoms with van der Waals surface area (Å²) in [4.78, 5) is 0. The number of aromatic nitrogens is 2. The molecule has 0 atom stereocenters. The molecule has 1 heterocycles. The molecule has 6 heteroatoms. The lowest BCUT2D eigenvalue weighted by Crippen LogP contribution is -2.00. The van der Waals surface area contributed by atoms with E-state index in [1.807, 2.05) is 44.2 Å². The smallest absolute Gasteiger partial charge is 0.161 e. The van der Waals surface area contributed by atoms with Crippen LogP contribution >= 0.6 is 0 Å². The maximum atomic E-state index is 5.77. The van der Waals surface area contributed by atoms with Crippen molar-refractivity contribution in [3.8, 4) is 28.5 Å². The Labute approximate surface area is 158 Å². The summed E-state index contributed by atoms with van der Waals surface area (Å²) < 4.78 is 16.8.